The van der Waals surface area contributed by atoms with Crippen LogP contribution in [-0.4, -0.2) is 42.0 Å². The summed E-state index contributed by atoms with van der Waals surface area (Å²) in [6, 6.07) is 10.6. The molecule has 1 aromatic carbocycles. The zero-order valence-corrected chi connectivity index (χ0v) is 13.8. The summed E-state index contributed by atoms with van der Waals surface area (Å²) >= 11 is 0. The van der Waals surface area contributed by atoms with Crippen molar-refractivity contribution in [1.82, 2.24) is 15.1 Å². The van der Waals surface area contributed by atoms with Crippen molar-refractivity contribution >= 4 is 6.03 Å². The van der Waals surface area contributed by atoms with E-state index in [4.69, 9.17) is 0 Å². The standard InChI is InChI=1S/C19H27N3O/c23-19(20-15-17-7-3-1-4-8-17)22-13-11-21(12-14-22)16-18-9-5-2-6-10-18/h2,5-6,9-10,15H,1,3-4,7-8,11-14,16H2,(H,20,23). The van der Waals surface area contributed by atoms with Gasteiger partial charge in [-0.3, -0.25) is 4.90 Å². The Labute approximate surface area is 139 Å². The fourth-order valence-corrected chi connectivity index (χ4v) is 3.36. The maximum atomic E-state index is 12.3. The van der Waals surface area contributed by atoms with E-state index >= 15 is 0 Å². The van der Waals surface area contributed by atoms with Crippen LogP contribution in [0.25, 0.3) is 0 Å². The maximum absolute atomic E-state index is 12.3. The zero-order valence-electron chi connectivity index (χ0n) is 13.8. The molecule has 23 heavy (non-hydrogen) atoms. The highest BCUT2D eigenvalue weighted by atomic mass is 16.2. The molecular weight excluding hydrogens is 286 g/mol. The molecule has 1 heterocycles. The summed E-state index contributed by atoms with van der Waals surface area (Å²) < 4.78 is 0. The van der Waals surface area contributed by atoms with Gasteiger partial charge >= 0.3 is 6.03 Å². The first-order chi connectivity index (χ1) is 11.3. The van der Waals surface area contributed by atoms with Crippen LogP contribution in [0.3, 0.4) is 0 Å². The second-order valence-corrected chi connectivity index (χ2v) is 6.56. The number of nitrogens with zero attached hydrogens (tertiary/aromatic N) is 2. The van der Waals surface area contributed by atoms with Crippen LogP contribution in [0.1, 0.15) is 37.7 Å². The molecule has 4 nitrogen and oxygen atoms in total. The van der Waals surface area contributed by atoms with Crippen molar-refractivity contribution in [3.63, 3.8) is 0 Å². The van der Waals surface area contributed by atoms with Crippen LogP contribution in [0.5, 0.6) is 0 Å². The number of hydrogen-bond donors (Lipinski definition) is 1. The molecule has 1 aliphatic carbocycles. The topological polar surface area (TPSA) is 35.6 Å². The molecule has 1 saturated carbocycles. The lowest BCUT2D eigenvalue weighted by molar-refractivity contribution is 0.137. The van der Waals surface area contributed by atoms with Gasteiger partial charge in [-0.05, 0) is 31.2 Å². The molecule has 1 aromatic rings. The highest BCUT2D eigenvalue weighted by Gasteiger charge is 2.20. The average Bonchev–Trinajstić information content (AvgIpc) is 2.62. The third-order valence-electron chi connectivity index (χ3n) is 4.80. The third kappa shape index (κ3) is 4.83. The van der Waals surface area contributed by atoms with Gasteiger partial charge in [0.15, 0.2) is 0 Å². The van der Waals surface area contributed by atoms with Gasteiger partial charge in [0.25, 0.3) is 0 Å². The first-order valence-electron chi connectivity index (χ1n) is 8.81. The van der Waals surface area contributed by atoms with Gasteiger partial charge < -0.3 is 10.2 Å². The number of allylic oxidation sites excluding steroid dienone is 1. The van der Waals surface area contributed by atoms with Crippen LogP contribution >= 0.6 is 0 Å². The molecule has 0 spiro atoms. The quantitative estimate of drug-likeness (QED) is 0.929. The van der Waals surface area contributed by atoms with Crippen molar-refractivity contribution in [2.24, 2.45) is 0 Å². The summed E-state index contributed by atoms with van der Waals surface area (Å²) in [5.41, 5.74) is 2.74. The van der Waals surface area contributed by atoms with Crippen molar-refractivity contribution in [2.75, 3.05) is 26.2 Å². The van der Waals surface area contributed by atoms with E-state index in [1.807, 2.05) is 17.2 Å². The Bertz CT molecular complexity index is 525. The van der Waals surface area contributed by atoms with Crippen LogP contribution in [0.4, 0.5) is 4.79 Å². The molecule has 0 radical (unpaired) electrons. The Kier molecular flexibility index (Phi) is 5.70. The van der Waals surface area contributed by atoms with Crippen LogP contribution in [0.2, 0.25) is 0 Å². The lowest BCUT2D eigenvalue weighted by atomic mass is 9.96. The van der Waals surface area contributed by atoms with Gasteiger partial charge in [-0.25, -0.2) is 4.79 Å². The number of nitrogens with one attached hydrogen (secondary N) is 1. The van der Waals surface area contributed by atoms with E-state index < -0.39 is 0 Å². The van der Waals surface area contributed by atoms with Crippen molar-refractivity contribution in [2.45, 2.75) is 38.6 Å². The average molecular weight is 313 g/mol. The normalized spacial score (nSPS) is 19.5. The van der Waals surface area contributed by atoms with Crippen LogP contribution in [-0.2, 0) is 6.54 Å². The van der Waals surface area contributed by atoms with Gasteiger partial charge in [-0.2, -0.15) is 0 Å². The van der Waals surface area contributed by atoms with Gasteiger partial charge in [0.2, 0.25) is 0 Å². The SMILES string of the molecule is O=C(NC=C1CCCCC1)N1CCN(Cc2ccccc2)CC1. The molecule has 0 atom stereocenters. The predicted molar refractivity (Wildman–Crippen MR) is 93.0 cm³/mol. The van der Waals surface area contributed by atoms with Crippen LogP contribution in [0, 0.1) is 0 Å². The van der Waals surface area contributed by atoms with Crippen LogP contribution < -0.4 is 5.32 Å². The Morgan fingerprint density at radius 1 is 1.00 bits per heavy atom. The second-order valence-electron chi connectivity index (χ2n) is 6.56. The number of urea groups is 1. The molecule has 0 bridgehead atoms. The smallest absolute Gasteiger partial charge is 0.321 e. The summed E-state index contributed by atoms with van der Waals surface area (Å²) in [6.45, 7) is 4.47. The van der Waals surface area contributed by atoms with Gasteiger partial charge in [-0.1, -0.05) is 42.3 Å². The Balaban J connectivity index is 1.42. The van der Waals surface area contributed by atoms with E-state index in [1.165, 1.54) is 30.4 Å². The number of amides is 2. The van der Waals surface area contributed by atoms with Crippen LogP contribution in [0.15, 0.2) is 42.1 Å². The largest absolute Gasteiger partial charge is 0.322 e. The minimum atomic E-state index is 0.0578. The molecule has 0 unspecified atom stereocenters. The van der Waals surface area contributed by atoms with E-state index in [0.29, 0.717) is 0 Å². The van der Waals surface area contributed by atoms with Crippen molar-refractivity contribution < 1.29 is 4.79 Å². The molecule has 2 fully saturated rings. The fourth-order valence-electron chi connectivity index (χ4n) is 3.36. The molecule has 4 heteroatoms. The Morgan fingerprint density at radius 2 is 1.70 bits per heavy atom. The van der Waals surface area contributed by atoms with Gasteiger partial charge in [-0.15, -0.1) is 0 Å². The molecular formula is C19H27N3O. The van der Waals surface area contributed by atoms with E-state index in [0.717, 1.165) is 45.6 Å². The molecule has 2 aliphatic rings. The summed E-state index contributed by atoms with van der Waals surface area (Å²) in [5, 5.41) is 2.99. The van der Waals surface area contributed by atoms with E-state index in [9.17, 15) is 4.79 Å². The lowest BCUT2D eigenvalue weighted by Crippen LogP contribution is -2.50. The number of carbonyl (C=O) groups is 1. The molecule has 1 aliphatic heterocycles. The molecule has 3 rings (SSSR count). The summed E-state index contributed by atoms with van der Waals surface area (Å²) in [6.07, 6.45) is 8.10. The molecule has 1 N–H and O–H groups in total. The van der Waals surface area contributed by atoms with Gasteiger partial charge in [0, 0.05) is 38.9 Å². The van der Waals surface area contributed by atoms with E-state index in [2.05, 4.69) is 34.5 Å². The highest BCUT2D eigenvalue weighted by Crippen LogP contribution is 2.21. The number of piperazine rings is 1. The molecule has 124 valence electrons. The van der Waals surface area contributed by atoms with Crippen molar-refractivity contribution in [1.29, 1.82) is 0 Å². The zero-order chi connectivity index (χ0) is 15.9. The molecule has 1 saturated heterocycles. The van der Waals surface area contributed by atoms with Gasteiger partial charge in [0.1, 0.15) is 0 Å². The first kappa shape index (κ1) is 16.1. The highest BCUT2D eigenvalue weighted by molar-refractivity contribution is 5.75. The number of carbonyl (C=O) groups excluding carboxylic acids is 1. The summed E-state index contributed by atoms with van der Waals surface area (Å²) in [4.78, 5) is 16.6. The third-order valence-corrected chi connectivity index (χ3v) is 4.80. The monoisotopic (exact) mass is 313 g/mol. The minimum Gasteiger partial charge on any atom is -0.322 e. The summed E-state index contributed by atoms with van der Waals surface area (Å²) in [7, 11) is 0. The van der Waals surface area contributed by atoms with E-state index in [1.54, 1.807) is 0 Å². The predicted octanol–water partition coefficient (Wildman–Crippen LogP) is 3.36. The second kappa shape index (κ2) is 8.16. The lowest BCUT2D eigenvalue weighted by Gasteiger charge is -2.34. The number of rotatable bonds is 3. The number of hydrogen-bond acceptors (Lipinski definition) is 2. The van der Waals surface area contributed by atoms with E-state index in [-0.39, 0.29) is 6.03 Å². The van der Waals surface area contributed by atoms with Crippen molar-refractivity contribution in [3.8, 4) is 0 Å². The van der Waals surface area contributed by atoms with Crippen molar-refractivity contribution in [3.05, 3.63) is 47.7 Å². The minimum absolute atomic E-state index is 0.0578. The summed E-state index contributed by atoms with van der Waals surface area (Å²) in [5.74, 6) is 0. The van der Waals surface area contributed by atoms with Gasteiger partial charge in [0.05, 0.1) is 0 Å². The fraction of sp³-hybridized carbons (Fsp3) is 0.526. The molecule has 0 aromatic heterocycles. The Morgan fingerprint density at radius 3 is 2.39 bits per heavy atom. The Hall–Kier alpha value is -1.81. The first-order valence-corrected chi connectivity index (χ1v) is 8.81. The number of benzene rings is 1. The maximum Gasteiger partial charge on any atom is 0.321 e. The molecule has 2 amide bonds.